The second kappa shape index (κ2) is 5.26. The molecule has 1 aromatic rings. The van der Waals surface area contributed by atoms with Crippen LogP contribution in [0.3, 0.4) is 0 Å². The fourth-order valence-electron chi connectivity index (χ4n) is 4.00. The van der Waals surface area contributed by atoms with Gasteiger partial charge in [-0.3, -0.25) is 0 Å². The summed E-state index contributed by atoms with van der Waals surface area (Å²) in [6.07, 6.45) is 5.09. The zero-order chi connectivity index (χ0) is 13.3. The third-order valence-electron chi connectivity index (χ3n) is 4.98. The van der Waals surface area contributed by atoms with E-state index in [1.54, 1.807) is 0 Å². The van der Waals surface area contributed by atoms with Gasteiger partial charge in [0.1, 0.15) is 0 Å². The normalized spacial score (nSPS) is 26.3. The third kappa shape index (κ3) is 2.70. The Labute approximate surface area is 117 Å². The minimum absolute atomic E-state index is 0.292. The van der Waals surface area contributed by atoms with Crippen molar-refractivity contribution < 1.29 is 0 Å². The number of piperidine rings is 1. The molecule has 1 aliphatic carbocycles. The SMILES string of the molecule is CC1CCCN(CC2(CN)Cc3ccccc3C2)C1. The maximum absolute atomic E-state index is 6.17. The summed E-state index contributed by atoms with van der Waals surface area (Å²) in [6, 6.07) is 8.89. The second-order valence-electron chi connectivity index (χ2n) is 6.81. The van der Waals surface area contributed by atoms with Gasteiger partial charge in [-0.1, -0.05) is 31.2 Å². The van der Waals surface area contributed by atoms with Crippen molar-refractivity contribution in [2.75, 3.05) is 26.2 Å². The predicted molar refractivity (Wildman–Crippen MR) is 80.2 cm³/mol. The van der Waals surface area contributed by atoms with Crippen LogP contribution in [0.25, 0.3) is 0 Å². The van der Waals surface area contributed by atoms with Gasteiger partial charge in [0.2, 0.25) is 0 Å². The molecule has 2 nitrogen and oxygen atoms in total. The summed E-state index contributed by atoms with van der Waals surface area (Å²) in [5.74, 6) is 0.854. The zero-order valence-electron chi connectivity index (χ0n) is 12.1. The summed E-state index contributed by atoms with van der Waals surface area (Å²) in [5, 5.41) is 0. The average molecular weight is 258 g/mol. The highest BCUT2D eigenvalue weighted by molar-refractivity contribution is 5.34. The van der Waals surface area contributed by atoms with Gasteiger partial charge in [0.05, 0.1) is 0 Å². The van der Waals surface area contributed by atoms with E-state index in [0.717, 1.165) is 12.5 Å². The topological polar surface area (TPSA) is 29.3 Å². The first-order chi connectivity index (χ1) is 9.21. The molecular formula is C17H26N2. The highest BCUT2D eigenvalue weighted by Crippen LogP contribution is 2.37. The lowest BCUT2D eigenvalue weighted by atomic mass is 9.83. The van der Waals surface area contributed by atoms with Crippen molar-refractivity contribution >= 4 is 0 Å². The first-order valence-electron chi connectivity index (χ1n) is 7.70. The highest BCUT2D eigenvalue weighted by Gasteiger charge is 2.37. The fourth-order valence-corrected chi connectivity index (χ4v) is 4.00. The Morgan fingerprint density at radius 2 is 1.95 bits per heavy atom. The van der Waals surface area contributed by atoms with Crippen LogP contribution in [0.1, 0.15) is 30.9 Å². The predicted octanol–water partition coefficient (Wildman–Crippen LogP) is 2.46. The van der Waals surface area contributed by atoms with E-state index in [0.29, 0.717) is 5.41 Å². The first kappa shape index (κ1) is 13.1. The molecule has 0 radical (unpaired) electrons. The van der Waals surface area contributed by atoms with Gasteiger partial charge >= 0.3 is 0 Å². The van der Waals surface area contributed by atoms with Gasteiger partial charge in [-0.05, 0) is 55.8 Å². The molecule has 104 valence electrons. The van der Waals surface area contributed by atoms with Crippen molar-refractivity contribution in [2.45, 2.75) is 32.6 Å². The van der Waals surface area contributed by atoms with Crippen LogP contribution >= 0.6 is 0 Å². The smallest absolute Gasteiger partial charge is 0.00566 e. The maximum Gasteiger partial charge on any atom is 0.00566 e. The number of likely N-dealkylation sites (tertiary alicyclic amines) is 1. The van der Waals surface area contributed by atoms with Crippen molar-refractivity contribution in [3.8, 4) is 0 Å². The highest BCUT2D eigenvalue weighted by atomic mass is 15.1. The summed E-state index contributed by atoms with van der Waals surface area (Å²) < 4.78 is 0. The van der Waals surface area contributed by atoms with Crippen LogP contribution in [-0.4, -0.2) is 31.1 Å². The van der Waals surface area contributed by atoms with Crippen molar-refractivity contribution in [2.24, 2.45) is 17.1 Å². The molecule has 1 aliphatic heterocycles. The van der Waals surface area contributed by atoms with E-state index in [-0.39, 0.29) is 0 Å². The summed E-state index contributed by atoms with van der Waals surface area (Å²) >= 11 is 0. The molecule has 19 heavy (non-hydrogen) atoms. The third-order valence-corrected chi connectivity index (χ3v) is 4.98. The molecule has 1 heterocycles. The number of hydrogen-bond acceptors (Lipinski definition) is 2. The van der Waals surface area contributed by atoms with E-state index >= 15 is 0 Å². The lowest BCUT2D eigenvalue weighted by Gasteiger charge is -2.38. The van der Waals surface area contributed by atoms with Crippen LogP contribution < -0.4 is 5.73 Å². The van der Waals surface area contributed by atoms with Crippen molar-refractivity contribution in [1.29, 1.82) is 0 Å². The molecule has 1 saturated heterocycles. The van der Waals surface area contributed by atoms with E-state index in [4.69, 9.17) is 5.73 Å². The van der Waals surface area contributed by atoms with Crippen LogP contribution in [0.15, 0.2) is 24.3 Å². The van der Waals surface area contributed by atoms with Crippen molar-refractivity contribution in [1.82, 2.24) is 4.90 Å². The number of rotatable bonds is 3. The molecular weight excluding hydrogens is 232 g/mol. The lowest BCUT2D eigenvalue weighted by molar-refractivity contribution is 0.115. The molecule has 0 bridgehead atoms. The Balaban J connectivity index is 1.72. The molecule has 0 amide bonds. The van der Waals surface area contributed by atoms with Crippen LogP contribution in [0.4, 0.5) is 0 Å². The zero-order valence-corrected chi connectivity index (χ0v) is 12.1. The number of nitrogens with zero attached hydrogens (tertiary/aromatic N) is 1. The van der Waals surface area contributed by atoms with Crippen LogP contribution in [0, 0.1) is 11.3 Å². The lowest BCUT2D eigenvalue weighted by Crippen LogP contribution is -2.46. The van der Waals surface area contributed by atoms with E-state index in [9.17, 15) is 0 Å². The molecule has 0 saturated carbocycles. The minimum Gasteiger partial charge on any atom is -0.330 e. The van der Waals surface area contributed by atoms with Gasteiger partial charge in [-0.25, -0.2) is 0 Å². The molecule has 1 atom stereocenters. The molecule has 3 rings (SSSR count). The summed E-state index contributed by atoms with van der Waals surface area (Å²) in [6.45, 7) is 6.90. The number of nitrogens with two attached hydrogens (primary N) is 1. The van der Waals surface area contributed by atoms with Crippen LogP contribution in [0.2, 0.25) is 0 Å². The fraction of sp³-hybridized carbons (Fsp3) is 0.647. The minimum atomic E-state index is 0.292. The molecule has 1 fully saturated rings. The van der Waals surface area contributed by atoms with E-state index in [1.165, 1.54) is 56.4 Å². The molecule has 1 unspecified atom stereocenters. The maximum atomic E-state index is 6.17. The largest absolute Gasteiger partial charge is 0.330 e. The van der Waals surface area contributed by atoms with Crippen molar-refractivity contribution in [3.05, 3.63) is 35.4 Å². The molecule has 0 aromatic heterocycles. The van der Waals surface area contributed by atoms with E-state index < -0.39 is 0 Å². The standard InChI is InChI=1S/C17H26N2/c1-14-5-4-8-19(11-14)13-17(12-18)9-15-6-2-3-7-16(15)10-17/h2-3,6-7,14H,4-5,8-13,18H2,1H3. The summed E-state index contributed by atoms with van der Waals surface area (Å²) in [5.41, 5.74) is 9.52. The summed E-state index contributed by atoms with van der Waals surface area (Å²) in [7, 11) is 0. The molecule has 2 aliphatic rings. The van der Waals surface area contributed by atoms with Gasteiger partial charge in [-0.2, -0.15) is 0 Å². The Bertz CT molecular complexity index is 416. The average Bonchev–Trinajstić information content (AvgIpc) is 2.77. The Kier molecular flexibility index (Phi) is 3.64. The van der Waals surface area contributed by atoms with Crippen LogP contribution in [-0.2, 0) is 12.8 Å². The Morgan fingerprint density at radius 3 is 2.53 bits per heavy atom. The van der Waals surface area contributed by atoms with Gasteiger partial charge in [0.15, 0.2) is 0 Å². The number of hydrogen-bond donors (Lipinski definition) is 1. The van der Waals surface area contributed by atoms with Crippen LogP contribution in [0.5, 0.6) is 0 Å². The summed E-state index contributed by atoms with van der Waals surface area (Å²) in [4.78, 5) is 2.66. The monoisotopic (exact) mass is 258 g/mol. The first-order valence-corrected chi connectivity index (χ1v) is 7.70. The molecule has 2 N–H and O–H groups in total. The molecule has 0 spiro atoms. The molecule has 1 aromatic carbocycles. The van der Waals surface area contributed by atoms with Gasteiger partial charge < -0.3 is 10.6 Å². The van der Waals surface area contributed by atoms with Gasteiger partial charge in [-0.15, -0.1) is 0 Å². The van der Waals surface area contributed by atoms with E-state index in [2.05, 4.69) is 36.1 Å². The quantitative estimate of drug-likeness (QED) is 0.902. The van der Waals surface area contributed by atoms with E-state index in [1.807, 2.05) is 0 Å². The number of fused-ring (bicyclic) bond motifs is 1. The van der Waals surface area contributed by atoms with Gasteiger partial charge in [0.25, 0.3) is 0 Å². The number of benzene rings is 1. The Hall–Kier alpha value is -0.860. The molecule has 2 heteroatoms. The Morgan fingerprint density at radius 1 is 1.26 bits per heavy atom. The van der Waals surface area contributed by atoms with Crippen molar-refractivity contribution in [3.63, 3.8) is 0 Å². The van der Waals surface area contributed by atoms with Gasteiger partial charge in [0, 0.05) is 18.5 Å². The second-order valence-corrected chi connectivity index (χ2v) is 6.81.